The van der Waals surface area contributed by atoms with Gasteiger partial charge < -0.3 is 10.2 Å². The number of benzene rings is 1. The summed E-state index contributed by atoms with van der Waals surface area (Å²) in [5, 5.41) is 14.2. The molecule has 1 N–H and O–H groups in total. The van der Waals surface area contributed by atoms with Gasteiger partial charge in [0.1, 0.15) is 0 Å². The predicted octanol–water partition coefficient (Wildman–Crippen LogP) is 1.67. The molecule has 0 radical (unpaired) electrons. The number of nitrogens with zero attached hydrogens (tertiary/aromatic N) is 2. The maximum Gasteiger partial charge on any atom is 0.295 e. The van der Waals surface area contributed by atoms with Crippen LogP contribution in [-0.4, -0.2) is 30.6 Å². The van der Waals surface area contributed by atoms with Gasteiger partial charge in [0.05, 0.1) is 4.92 Å². The molecule has 2 aliphatic rings. The molecule has 7 heteroatoms. The highest BCUT2D eigenvalue weighted by atomic mass is 19.2. The summed E-state index contributed by atoms with van der Waals surface area (Å²) in [6, 6.07) is 1.84. The van der Waals surface area contributed by atoms with Crippen molar-refractivity contribution in [2.24, 2.45) is 5.92 Å². The highest BCUT2D eigenvalue weighted by Gasteiger charge is 2.41. The first-order valence-electron chi connectivity index (χ1n) is 6.19. The summed E-state index contributed by atoms with van der Waals surface area (Å²) in [5.41, 5.74) is -0.576. The molecule has 5 nitrogen and oxygen atoms in total. The SMILES string of the molecule is O=[N+]([O-])c1ccc(F)c(F)c1N1CC[C@H]2CNC[C@H]21. The number of hydrogen-bond acceptors (Lipinski definition) is 4. The largest absolute Gasteiger partial charge is 0.359 e. The molecule has 0 aromatic heterocycles. The number of fused-ring (bicyclic) bond motifs is 1. The van der Waals surface area contributed by atoms with Crippen LogP contribution in [0.5, 0.6) is 0 Å². The Labute approximate surface area is 108 Å². The molecule has 2 fully saturated rings. The van der Waals surface area contributed by atoms with Gasteiger partial charge in [0.15, 0.2) is 17.3 Å². The molecular weight excluding hydrogens is 256 g/mol. The summed E-state index contributed by atoms with van der Waals surface area (Å²) in [6.07, 6.45) is 0.838. The highest BCUT2D eigenvalue weighted by Crippen LogP contribution is 2.39. The van der Waals surface area contributed by atoms with Crippen molar-refractivity contribution in [3.05, 3.63) is 33.9 Å². The number of hydrogen-bond donors (Lipinski definition) is 1. The summed E-state index contributed by atoms with van der Waals surface area (Å²) in [7, 11) is 0. The molecule has 1 aromatic carbocycles. The molecule has 1 aromatic rings. The van der Waals surface area contributed by atoms with Gasteiger partial charge in [-0.2, -0.15) is 0 Å². The Bertz CT molecular complexity index is 538. The zero-order valence-corrected chi connectivity index (χ0v) is 10.1. The summed E-state index contributed by atoms with van der Waals surface area (Å²) >= 11 is 0. The number of rotatable bonds is 2. The fourth-order valence-electron chi connectivity index (χ4n) is 3.08. The van der Waals surface area contributed by atoms with E-state index in [4.69, 9.17) is 0 Å². The summed E-state index contributed by atoms with van der Waals surface area (Å²) in [4.78, 5) is 12.0. The van der Waals surface area contributed by atoms with Gasteiger partial charge in [-0.3, -0.25) is 10.1 Å². The number of halogens is 2. The number of nitro groups is 1. The van der Waals surface area contributed by atoms with Crippen LogP contribution in [0.25, 0.3) is 0 Å². The molecule has 0 amide bonds. The smallest absolute Gasteiger partial charge is 0.295 e. The number of anilines is 1. The fourth-order valence-corrected chi connectivity index (χ4v) is 3.08. The Morgan fingerprint density at radius 3 is 2.89 bits per heavy atom. The van der Waals surface area contributed by atoms with E-state index >= 15 is 0 Å². The molecule has 0 aliphatic carbocycles. The van der Waals surface area contributed by atoms with Crippen molar-refractivity contribution < 1.29 is 13.7 Å². The Hall–Kier alpha value is -1.76. The fraction of sp³-hybridized carbons (Fsp3) is 0.500. The Kier molecular flexibility index (Phi) is 2.85. The zero-order chi connectivity index (χ0) is 13.6. The summed E-state index contributed by atoms with van der Waals surface area (Å²) in [6.45, 7) is 2.00. The lowest BCUT2D eigenvalue weighted by molar-refractivity contribution is -0.384. The van der Waals surface area contributed by atoms with Crippen LogP contribution in [-0.2, 0) is 0 Å². The molecular formula is C12H13F2N3O2. The minimum Gasteiger partial charge on any atom is -0.359 e. The average Bonchev–Trinajstić information content (AvgIpc) is 2.95. The van der Waals surface area contributed by atoms with Crippen LogP contribution in [0.15, 0.2) is 12.1 Å². The highest BCUT2D eigenvalue weighted by molar-refractivity contribution is 5.65. The van der Waals surface area contributed by atoms with E-state index in [1.807, 2.05) is 0 Å². The van der Waals surface area contributed by atoms with Gasteiger partial charge >= 0.3 is 0 Å². The number of nitro benzene ring substituents is 1. The second-order valence-electron chi connectivity index (χ2n) is 4.95. The molecule has 0 bridgehead atoms. The molecule has 102 valence electrons. The molecule has 2 aliphatic heterocycles. The van der Waals surface area contributed by atoms with Crippen LogP contribution in [0.2, 0.25) is 0 Å². The lowest BCUT2D eigenvalue weighted by Crippen LogP contribution is -2.35. The van der Waals surface area contributed by atoms with Crippen LogP contribution in [0.1, 0.15) is 6.42 Å². The van der Waals surface area contributed by atoms with Gasteiger partial charge in [0.25, 0.3) is 5.69 Å². The Morgan fingerprint density at radius 1 is 1.37 bits per heavy atom. The maximum atomic E-state index is 14.0. The normalized spacial score (nSPS) is 25.7. The third-order valence-electron chi connectivity index (χ3n) is 3.98. The van der Waals surface area contributed by atoms with Gasteiger partial charge in [-0.1, -0.05) is 0 Å². The van der Waals surface area contributed by atoms with Crippen molar-refractivity contribution in [2.75, 3.05) is 24.5 Å². The van der Waals surface area contributed by atoms with E-state index in [0.29, 0.717) is 19.0 Å². The van der Waals surface area contributed by atoms with Gasteiger partial charge in [-0.25, -0.2) is 8.78 Å². The lowest BCUT2D eigenvalue weighted by Gasteiger charge is -2.25. The first-order chi connectivity index (χ1) is 9.09. The first-order valence-corrected chi connectivity index (χ1v) is 6.19. The van der Waals surface area contributed by atoms with E-state index in [-0.39, 0.29) is 17.4 Å². The van der Waals surface area contributed by atoms with Gasteiger partial charge in [-0.15, -0.1) is 0 Å². The Morgan fingerprint density at radius 2 is 2.16 bits per heavy atom. The number of nitrogens with one attached hydrogen (secondary N) is 1. The maximum absolute atomic E-state index is 14.0. The zero-order valence-electron chi connectivity index (χ0n) is 10.1. The van der Waals surface area contributed by atoms with E-state index in [1.54, 1.807) is 4.90 Å². The standard InChI is InChI=1S/C12H13F2N3O2/c13-8-1-2-9(17(18)19)12(11(8)14)16-4-3-7-5-15-6-10(7)16/h1-2,7,10,15H,3-6H2/t7-,10+/m0/s1. The minimum absolute atomic E-state index is 0.00926. The first kappa shape index (κ1) is 12.3. The average molecular weight is 269 g/mol. The van der Waals surface area contributed by atoms with Crippen LogP contribution >= 0.6 is 0 Å². The van der Waals surface area contributed by atoms with E-state index < -0.39 is 16.6 Å². The second kappa shape index (κ2) is 4.41. The van der Waals surface area contributed by atoms with Gasteiger partial charge in [-0.05, 0) is 18.4 Å². The molecule has 0 spiro atoms. The Balaban J connectivity index is 2.08. The second-order valence-corrected chi connectivity index (χ2v) is 4.95. The van der Waals surface area contributed by atoms with Crippen LogP contribution < -0.4 is 10.2 Å². The summed E-state index contributed by atoms with van der Waals surface area (Å²) in [5.74, 6) is -1.82. The predicted molar refractivity (Wildman–Crippen MR) is 65.1 cm³/mol. The van der Waals surface area contributed by atoms with Crippen molar-refractivity contribution in [3.63, 3.8) is 0 Å². The van der Waals surface area contributed by atoms with E-state index in [2.05, 4.69) is 5.32 Å². The monoisotopic (exact) mass is 269 g/mol. The molecule has 0 unspecified atom stereocenters. The molecule has 2 saturated heterocycles. The molecule has 2 heterocycles. The van der Waals surface area contributed by atoms with E-state index in [9.17, 15) is 18.9 Å². The molecule has 2 atom stereocenters. The van der Waals surface area contributed by atoms with Crippen molar-refractivity contribution in [1.29, 1.82) is 0 Å². The van der Waals surface area contributed by atoms with Crippen molar-refractivity contribution in [1.82, 2.24) is 5.32 Å². The van der Waals surface area contributed by atoms with Gasteiger partial charge in [0.2, 0.25) is 0 Å². The van der Waals surface area contributed by atoms with E-state index in [0.717, 1.165) is 25.1 Å². The van der Waals surface area contributed by atoms with Crippen LogP contribution in [0.4, 0.5) is 20.2 Å². The quantitative estimate of drug-likeness (QED) is 0.655. The third kappa shape index (κ3) is 1.85. The van der Waals surface area contributed by atoms with Crippen molar-refractivity contribution >= 4 is 11.4 Å². The van der Waals surface area contributed by atoms with Gasteiger partial charge in [0, 0.05) is 31.7 Å². The summed E-state index contributed by atoms with van der Waals surface area (Å²) < 4.78 is 27.4. The minimum atomic E-state index is -1.12. The lowest BCUT2D eigenvalue weighted by atomic mass is 10.0. The van der Waals surface area contributed by atoms with Crippen molar-refractivity contribution in [3.8, 4) is 0 Å². The topological polar surface area (TPSA) is 58.4 Å². The van der Waals surface area contributed by atoms with Crippen molar-refractivity contribution in [2.45, 2.75) is 12.5 Å². The van der Waals surface area contributed by atoms with E-state index in [1.165, 1.54) is 0 Å². The van der Waals surface area contributed by atoms with Crippen LogP contribution in [0, 0.1) is 27.7 Å². The molecule has 0 saturated carbocycles. The third-order valence-corrected chi connectivity index (χ3v) is 3.98. The van der Waals surface area contributed by atoms with Crippen LogP contribution in [0.3, 0.4) is 0 Å². The molecule has 19 heavy (non-hydrogen) atoms. The molecule has 3 rings (SSSR count).